The molecule has 20 heavy (non-hydrogen) atoms. The van der Waals surface area contributed by atoms with Gasteiger partial charge in [-0.1, -0.05) is 19.9 Å². The van der Waals surface area contributed by atoms with Crippen molar-refractivity contribution in [3.05, 3.63) is 29.8 Å². The normalized spacial score (nSPS) is 12.4. The number of hydrogen-bond donors (Lipinski definition) is 1. The summed E-state index contributed by atoms with van der Waals surface area (Å²) in [6, 6.07) is 3.39. The quantitative estimate of drug-likeness (QED) is 0.841. The van der Waals surface area contributed by atoms with Crippen molar-refractivity contribution in [2.24, 2.45) is 10.6 Å². The Labute approximate surface area is 118 Å². The molecule has 0 saturated carbocycles. The summed E-state index contributed by atoms with van der Waals surface area (Å²) < 4.78 is 54.7. The first kappa shape index (κ1) is 16.8. The molecular formula is C13H19F2NO3S. The molecule has 0 fully saturated rings. The zero-order valence-electron chi connectivity index (χ0n) is 11.5. The smallest absolute Gasteiger partial charge is 0.209 e. The summed E-state index contributed by atoms with van der Waals surface area (Å²) in [6.07, 6.45) is 0.937. The summed E-state index contributed by atoms with van der Waals surface area (Å²) >= 11 is 0. The van der Waals surface area contributed by atoms with E-state index in [0.29, 0.717) is 12.8 Å². The lowest BCUT2D eigenvalue weighted by atomic mass is 9.85. The summed E-state index contributed by atoms with van der Waals surface area (Å²) in [5, 5.41) is 5.07. The van der Waals surface area contributed by atoms with Crippen LogP contribution < -0.4 is 9.88 Å². The SMILES string of the molecule is CCC(CC)(COc1c(F)cccc1F)CS(N)(=O)=O. The molecule has 4 nitrogen and oxygen atoms in total. The van der Waals surface area contributed by atoms with Gasteiger partial charge in [-0.05, 0) is 25.0 Å². The van der Waals surface area contributed by atoms with E-state index in [1.165, 1.54) is 6.07 Å². The fourth-order valence-electron chi connectivity index (χ4n) is 1.97. The molecule has 0 unspecified atom stereocenters. The summed E-state index contributed by atoms with van der Waals surface area (Å²) in [7, 11) is -3.70. The van der Waals surface area contributed by atoms with Gasteiger partial charge in [-0.3, -0.25) is 0 Å². The molecular weight excluding hydrogens is 288 g/mol. The van der Waals surface area contributed by atoms with E-state index in [9.17, 15) is 17.2 Å². The van der Waals surface area contributed by atoms with Crippen molar-refractivity contribution in [3.8, 4) is 5.75 Å². The fourth-order valence-corrected chi connectivity index (χ4v) is 3.32. The molecule has 0 atom stereocenters. The third-order valence-corrected chi connectivity index (χ3v) is 4.46. The van der Waals surface area contributed by atoms with Gasteiger partial charge >= 0.3 is 0 Å². The average Bonchev–Trinajstić information content (AvgIpc) is 2.35. The molecule has 114 valence electrons. The molecule has 0 heterocycles. The number of hydrogen-bond acceptors (Lipinski definition) is 3. The highest BCUT2D eigenvalue weighted by atomic mass is 32.2. The van der Waals surface area contributed by atoms with E-state index in [-0.39, 0.29) is 12.4 Å². The van der Waals surface area contributed by atoms with E-state index >= 15 is 0 Å². The lowest BCUT2D eigenvalue weighted by molar-refractivity contribution is 0.145. The summed E-state index contributed by atoms with van der Waals surface area (Å²) in [5.74, 6) is -2.42. The van der Waals surface area contributed by atoms with Crippen LogP contribution in [0, 0.1) is 17.0 Å². The van der Waals surface area contributed by atoms with Gasteiger partial charge in [0.15, 0.2) is 17.4 Å². The standard InChI is InChI=1S/C13H19F2NO3S/c1-3-13(4-2,9-20(16,17)18)8-19-12-10(14)6-5-7-11(12)15/h5-7H,3-4,8-9H2,1-2H3,(H2,16,17,18). The molecule has 0 radical (unpaired) electrons. The van der Waals surface area contributed by atoms with E-state index < -0.39 is 32.8 Å². The highest BCUT2D eigenvalue weighted by Gasteiger charge is 2.32. The van der Waals surface area contributed by atoms with E-state index in [1.54, 1.807) is 13.8 Å². The number of para-hydroxylation sites is 1. The molecule has 0 bridgehead atoms. The van der Waals surface area contributed by atoms with Crippen molar-refractivity contribution < 1.29 is 21.9 Å². The Morgan fingerprint density at radius 2 is 1.70 bits per heavy atom. The Hall–Kier alpha value is -1.21. The molecule has 0 aromatic heterocycles. The molecule has 0 aliphatic carbocycles. The molecule has 0 amide bonds. The number of sulfonamides is 1. The molecule has 1 aromatic carbocycles. The highest BCUT2D eigenvalue weighted by molar-refractivity contribution is 7.89. The molecule has 7 heteroatoms. The minimum atomic E-state index is -3.70. The van der Waals surface area contributed by atoms with Crippen molar-refractivity contribution in [2.45, 2.75) is 26.7 Å². The predicted molar refractivity (Wildman–Crippen MR) is 72.8 cm³/mol. The van der Waals surface area contributed by atoms with Crippen molar-refractivity contribution in [3.63, 3.8) is 0 Å². The Bertz CT molecular complexity index is 536. The maximum absolute atomic E-state index is 13.5. The van der Waals surface area contributed by atoms with Crippen LogP contribution in [-0.4, -0.2) is 20.8 Å². The van der Waals surface area contributed by atoms with Crippen LogP contribution in [0.25, 0.3) is 0 Å². The Morgan fingerprint density at radius 3 is 2.10 bits per heavy atom. The molecule has 2 N–H and O–H groups in total. The third kappa shape index (κ3) is 4.42. The number of halogens is 2. The van der Waals surface area contributed by atoms with Crippen LogP contribution in [0.3, 0.4) is 0 Å². The van der Waals surface area contributed by atoms with Gasteiger partial charge in [0, 0.05) is 5.41 Å². The van der Waals surface area contributed by atoms with Gasteiger partial charge in [0.2, 0.25) is 10.0 Å². The van der Waals surface area contributed by atoms with E-state index in [4.69, 9.17) is 9.88 Å². The van der Waals surface area contributed by atoms with Gasteiger partial charge in [-0.2, -0.15) is 0 Å². The Morgan fingerprint density at radius 1 is 1.20 bits per heavy atom. The lowest BCUT2D eigenvalue weighted by Crippen LogP contribution is -2.37. The van der Waals surface area contributed by atoms with E-state index in [0.717, 1.165) is 12.1 Å². The fraction of sp³-hybridized carbons (Fsp3) is 0.538. The zero-order valence-corrected chi connectivity index (χ0v) is 12.3. The summed E-state index contributed by atoms with van der Waals surface area (Å²) in [6.45, 7) is 3.46. The highest BCUT2D eigenvalue weighted by Crippen LogP contribution is 2.30. The molecule has 0 aliphatic rings. The maximum Gasteiger partial charge on any atom is 0.209 e. The number of benzene rings is 1. The van der Waals surface area contributed by atoms with Crippen LogP contribution in [0.1, 0.15) is 26.7 Å². The predicted octanol–water partition coefficient (Wildman–Crippen LogP) is 2.44. The topological polar surface area (TPSA) is 69.4 Å². The van der Waals surface area contributed by atoms with Crippen molar-refractivity contribution in [1.29, 1.82) is 0 Å². The van der Waals surface area contributed by atoms with Gasteiger partial charge in [-0.15, -0.1) is 0 Å². The van der Waals surface area contributed by atoms with Crippen molar-refractivity contribution in [1.82, 2.24) is 0 Å². The second-order valence-corrected chi connectivity index (χ2v) is 6.47. The average molecular weight is 307 g/mol. The van der Waals surface area contributed by atoms with Crippen LogP contribution in [0.2, 0.25) is 0 Å². The largest absolute Gasteiger partial charge is 0.487 e. The van der Waals surface area contributed by atoms with Crippen LogP contribution in [0.5, 0.6) is 5.75 Å². The van der Waals surface area contributed by atoms with E-state index in [1.807, 2.05) is 0 Å². The second-order valence-electron chi connectivity index (χ2n) is 4.85. The summed E-state index contributed by atoms with van der Waals surface area (Å²) in [4.78, 5) is 0. The van der Waals surface area contributed by atoms with Crippen LogP contribution >= 0.6 is 0 Å². The number of rotatable bonds is 7. The van der Waals surface area contributed by atoms with Gasteiger partial charge in [-0.25, -0.2) is 22.3 Å². The molecule has 1 rings (SSSR count). The van der Waals surface area contributed by atoms with Gasteiger partial charge in [0.1, 0.15) is 0 Å². The van der Waals surface area contributed by atoms with E-state index in [2.05, 4.69) is 0 Å². The first-order valence-electron chi connectivity index (χ1n) is 6.30. The maximum atomic E-state index is 13.5. The van der Waals surface area contributed by atoms with Crippen molar-refractivity contribution in [2.75, 3.05) is 12.4 Å². The Balaban J connectivity index is 2.93. The van der Waals surface area contributed by atoms with Gasteiger partial charge in [0.25, 0.3) is 0 Å². The first-order chi connectivity index (χ1) is 9.23. The van der Waals surface area contributed by atoms with Crippen LogP contribution in [0.15, 0.2) is 18.2 Å². The second kappa shape index (κ2) is 6.49. The first-order valence-corrected chi connectivity index (χ1v) is 8.02. The minimum absolute atomic E-state index is 0.117. The van der Waals surface area contributed by atoms with Crippen LogP contribution in [-0.2, 0) is 10.0 Å². The monoisotopic (exact) mass is 307 g/mol. The molecule has 0 saturated heterocycles. The zero-order chi connectivity index (χ0) is 15.4. The lowest BCUT2D eigenvalue weighted by Gasteiger charge is -2.30. The third-order valence-electron chi connectivity index (χ3n) is 3.45. The number of ether oxygens (including phenoxy) is 1. The van der Waals surface area contributed by atoms with Gasteiger partial charge in [0.05, 0.1) is 12.4 Å². The molecule has 0 aliphatic heterocycles. The summed E-state index contributed by atoms with van der Waals surface area (Å²) in [5.41, 5.74) is -0.762. The number of primary sulfonamides is 1. The number of nitrogens with two attached hydrogens (primary N) is 1. The van der Waals surface area contributed by atoms with Crippen molar-refractivity contribution >= 4 is 10.0 Å². The van der Waals surface area contributed by atoms with Gasteiger partial charge < -0.3 is 4.74 Å². The minimum Gasteiger partial charge on any atom is -0.487 e. The molecule has 1 aromatic rings. The molecule has 0 spiro atoms. The Kier molecular flexibility index (Phi) is 5.47. The van der Waals surface area contributed by atoms with Crippen LogP contribution in [0.4, 0.5) is 8.78 Å².